The maximum atomic E-state index is 4.06. The van der Waals surface area contributed by atoms with Crippen LogP contribution in [0.2, 0.25) is 0 Å². The molecule has 0 N–H and O–H groups in total. The molecule has 0 aliphatic carbocycles. The minimum Gasteiger partial charge on any atom is -0.0999 e. The maximum Gasteiger partial charge on any atom is -0.0156 e. The number of hydrogen-bond acceptors (Lipinski definition) is 0. The van der Waals surface area contributed by atoms with Crippen LogP contribution in [0.3, 0.4) is 0 Å². The molecule has 0 aliphatic heterocycles. The van der Waals surface area contributed by atoms with Crippen molar-refractivity contribution in [2.75, 3.05) is 0 Å². The SMILES string of the molecule is C=C(C)C(C)CC(CC)c1ccccc1C. The van der Waals surface area contributed by atoms with Crippen molar-refractivity contribution in [1.29, 1.82) is 0 Å². The van der Waals surface area contributed by atoms with Gasteiger partial charge >= 0.3 is 0 Å². The topological polar surface area (TPSA) is 0 Å². The molecule has 0 amide bonds. The van der Waals surface area contributed by atoms with Crippen LogP contribution in [0.15, 0.2) is 36.4 Å². The molecular weight excluding hydrogens is 192 g/mol. The lowest BCUT2D eigenvalue weighted by atomic mass is 9.83. The van der Waals surface area contributed by atoms with Crippen molar-refractivity contribution in [1.82, 2.24) is 0 Å². The van der Waals surface area contributed by atoms with Crippen molar-refractivity contribution in [3.63, 3.8) is 0 Å². The quantitative estimate of drug-likeness (QED) is 0.601. The average Bonchev–Trinajstić information content (AvgIpc) is 2.26. The van der Waals surface area contributed by atoms with Gasteiger partial charge in [-0.1, -0.05) is 50.3 Å². The van der Waals surface area contributed by atoms with Gasteiger partial charge in [-0.25, -0.2) is 0 Å². The fraction of sp³-hybridized carbons (Fsp3) is 0.500. The van der Waals surface area contributed by atoms with Gasteiger partial charge in [0.25, 0.3) is 0 Å². The van der Waals surface area contributed by atoms with E-state index in [2.05, 4.69) is 58.5 Å². The number of aryl methyl sites for hydroxylation is 1. The summed E-state index contributed by atoms with van der Waals surface area (Å²) in [5.41, 5.74) is 4.23. The Morgan fingerprint density at radius 1 is 1.31 bits per heavy atom. The fourth-order valence-electron chi connectivity index (χ4n) is 2.19. The van der Waals surface area contributed by atoms with Gasteiger partial charge in [0.15, 0.2) is 0 Å². The Bertz CT molecular complexity index is 349. The first-order valence-electron chi connectivity index (χ1n) is 6.27. The van der Waals surface area contributed by atoms with Gasteiger partial charge in [0.05, 0.1) is 0 Å². The third-order valence-corrected chi connectivity index (χ3v) is 3.60. The van der Waals surface area contributed by atoms with Crippen molar-refractivity contribution in [3.05, 3.63) is 47.5 Å². The first-order valence-corrected chi connectivity index (χ1v) is 6.27. The van der Waals surface area contributed by atoms with Gasteiger partial charge in [0, 0.05) is 0 Å². The highest BCUT2D eigenvalue weighted by molar-refractivity contribution is 5.29. The van der Waals surface area contributed by atoms with Gasteiger partial charge in [-0.05, 0) is 49.7 Å². The minimum absolute atomic E-state index is 0.615. The zero-order chi connectivity index (χ0) is 12.1. The lowest BCUT2D eigenvalue weighted by Gasteiger charge is -2.22. The average molecular weight is 216 g/mol. The Balaban J connectivity index is 2.83. The Morgan fingerprint density at radius 2 is 1.94 bits per heavy atom. The molecule has 0 heterocycles. The van der Waals surface area contributed by atoms with Crippen LogP contribution >= 0.6 is 0 Å². The molecule has 1 rings (SSSR count). The molecule has 0 saturated carbocycles. The first-order chi connectivity index (χ1) is 7.56. The minimum atomic E-state index is 0.615. The van der Waals surface area contributed by atoms with Crippen molar-refractivity contribution in [2.45, 2.75) is 46.5 Å². The number of hydrogen-bond donors (Lipinski definition) is 0. The van der Waals surface area contributed by atoms with E-state index >= 15 is 0 Å². The molecule has 1 aromatic carbocycles. The zero-order valence-electron chi connectivity index (χ0n) is 11.1. The van der Waals surface area contributed by atoms with Crippen LogP contribution in [0, 0.1) is 12.8 Å². The summed E-state index contributed by atoms with van der Waals surface area (Å²) in [4.78, 5) is 0. The Labute approximate surface area is 100 Å². The highest BCUT2D eigenvalue weighted by atomic mass is 14.2. The molecule has 1 aromatic rings. The number of benzene rings is 1. The number of allylic oxidation sites excluding steroid dienone is 1. The molecule has 0 aliphatic rings. The largest absolute Gasteiger partial charge is 0.0999 e. The third kappa shape index (κ3) is 3.23. The third-order valence-electron chi connectivity index (χ3n) is 3.60. The van der Waals surface area contributed by atoms with Crippen molar-refractivity contribution < 1.29 is 0 Å². The van der Waals surface area contributed by atoms with E-state index in [0.29, 0.717) is 11.8 Å². The zero-order valence-corrected chi connectivity index (χ0v) is 11.1. The molecule has 16 heavy (non-hydrogen) atoms. The predicted molar refractivity (Wildman–Crippen MR) is 72.8 cm³/mol. The predicted octanol–water partition coefficient (Wildman–Crippen LogP) is 5.09. The van der Waals surface area contributed by atoms with Crippen LogP contribution in [-0.2, 0) is 0 Å². The highest BCUT2D eigenvalue weighted by Crippen LogP contribution is 2.31. The molecule has 0 fully saturated rings. The lowest BCUT2D eigenvalue weighted by molar-refractivity contribution is 0.506. The molecule has 88 valence electrons. The Morgan fingerprint density at radius 3 is 2.44 bits per heavy atom. The standard InChI is InChI=1S/C16H24/c1-6-15(11-14(5)12(2)3)16-10-8-7-9-13(16)4/h7-10,14-15H,2,6,11H2,1,3-5H3. The molecule has 0 bridgehead atoms. The summed E-state index contributed by atoms with van der Waals surface area (Å²) in [5.74, 6) is 1.29. The van der Waals surface area contributed by atoms with E-state index in [9.17, 15) is 0 Å². The summed E-state index contributed by atoms with van der Waals surface area (Å²) in [5, 5.41) is 0. The van der Waals surface area contributed by atoms with Crippen LogP contribution < -0.4 is 0 Å². The fourth-order valence-corrected chi connectivity index (χ4v) is 2.19. The van der Waals surface area contributed by atoms with E-state index < -0.39 is 0 Å². The molecule has 0 heteroatoms. The molecule has 0 aromatic heterocycles. The van der Waals surface area contributed by atoms with E-state index in [0.717, 1.165) is 0 Å². The van der Waals surface area contributed by atoms with E-state index in [1.807, 2.05) is 0 Å². The van der Waals surface area contributed by atoms with Crippen molar-refractivity contribution in [3.8, 4) is 0 Å². The number of rotatable bonds is 5. The second kappa shape index (κ2) is 5.89. The second-order valence-corrected chi connectivity index (χ2v) is 4.94. The van der Waals surface area contributed by atoms with Crippen LogP contribution in [0.25, 0.3) is 0 Å². The molecule has 0 nitrogen and oxygen atoms in total. The Hall–Kier alpha value is -1.04. The molecule has 2 atom stereocenters. The molecule has 2 unspecified atom stereocenters. The van der Waals surface area contributed by atoms with Gasteiger partial charge in [0.2, 0.25) is 0 Å². The molecular formula is C16H24. The van der Waals surface area contributed by atoms with Crippen LogP contribution in [0.1, 0.15) is 50.7 Å². The summed E-state index contributed by atoms with van der Waals surface area (Å²) in [7, 11) is 0. The summed E-state index contributed by atoms with van der Waals surface area (Å²) in [6, 6.07) is 8.75. The van der Waals surface area contributed by atoms with Crippen molar-refractivity contribution >= 4 is 0 Å². The summed E-state index contributed by atoms with van der Waals surface area (Å²) < 4.78 is 0. The lowest BCUT2D eigenvalue weighted by Crippen LogP contribution is -2.06. The van der Waals surface area contributed by atoms with Gasteiger partial charge in [-0.3, -0.25) is 0 Å². The Kier molecular flexibility index (Phi) is 4.79. The van der Waals surface area contributed by atoms with Crippen LogP contribution in [0.4, 0.5) is 0 Å². The smallest absolute Gasteiger partial charge is 0.0156 e. The summed E-state index contributed by atoms with van der Waals surface area (Å²) >= 11 is 0. The van der Waals surface area contributed by atoms with Crippen molar-refractivity contribution in [2.24, 2.45) is 5.92 Å². The van der Waals surface area contributed by atoms with Crippen LogP contribution in [0.5, 0.6) is 0 Å². The van der Waals surface area contributed by atoms with Gasteiger partial charge < -0.3 is 0 Å². The second-order valence-electron chi connectivity index (χ2n) is 4.94. The van der Waals surface area contributed by atoms with E-state index in [1.54, 1.807) is 0 Å². The van der Waals surface area contributed by atoms with E-state index in [-0.39, 0.29) is 0 Å². The molecule has 0 spiro atoms. The van der Waals surface area contributed by atoms with Gasteiger partial charge in [-0.2, -0.15) is 0 Å². The molecule has 0 saturated heterocycles. The van der Waals surface area contributed by atoms with Gasteiger partial charge in [-0.15, -0.1) is 0 Å². The van der Waals surface area contributed by atoms with Gasteiger partial charge in [0.1, 0.15) is 0 Å². The monoisotopic (exact) mass is 216 g/mol. The van der Waals surface area contributed by atoms with E-state index in [4.69, 9.17) is 0 Å². The highest BCUT2D eigenvalue weighted by Gasteiger charge is 2.15. The summed E-state index contributed by atoms with van der Waals surface area (Å²) in [6.07, 6.45) is 2.43. The normalized spacial score (nSPS) is 14.5. The maximum absolute atomic E-state index is 4.06. The summed E-state index contributed by atoms with van der Waals surface area (Å²) in [6.45, 7) is 13.0. The first kappa shape index (κ1) is 13.0. The molecule has 0 radical (unpaired) electrons. The van der Waals surface area contributed by atoms with Crippen LogP contribution in [-0.4, -0.2) is 0 Å². The van der Waals surface area contributed by atoms with E-state index in [1.165, 1.54) is 29.5 Å².